The maximum Gasteiger partial charge on any atom is 0.261 e. The zero-order valence-electron chi connectivity index (χ0n) is 17.8. The van der Waals surface area contributed by atoms with E-state index in [1.807, 2.05) is 79.0 Å². The molecule has 0 atom stereocenters. The number of ether oxygens (including phenoxy) is 1. The van der Waals surface area contributed by atoms with Crippen LogP contribution in [-0.2, 0) is 17.8 Å². The summed E-state index contributed by atoms with van der Waals surface area (Å²) in [6, 6.07) is 25.3. The van der Waals surface area contributed by atoms with Crippen molar-refractivity contribution in [2.24, 2.45) is 0 Å². The summed E-state index contributed by atoms with van der Waals surface area (Å²) in [6.45, 7) is 0.818. The van der Waals surface area contributed by atoms with Crippen molar-refractivity contribution in [2.75, 3.05) is 6.54 Å². The van der Waals surface area contributed by atoms with E-state index in [2.05, 4.69) is 32.3 Å². The van der Waals surface area contributed by atoms with Crippen molar-refractivity contribution in [1.29, 1.82) is 5.26 Å². The minimum atomic E-state index is -0.403. The van der Waals surface area contributed by atoms with E-state index in [0.29, 0.717) is 30.9 Å². The minimum absolute atomic E-state index is 0.0358. The second-order valence-electron chi connectivity index (χ2n) is 7.49. The number of nitriles is 1. The van der Waals surface area contributed by atoms with Crippen molar-refractivity contribution in [3.63, 3.8) is 0 Å². The third-order valence-corrected chi connectivity index (χ3v) is 5.78. The van der Waals surface area contributed by atoms with Gasteiger partial charge >= 0.3 is 0 Å². The molecule has 2 N–H and O–H groups in total. The van der Waals surface area contributed by atoms with Crippen molar-refractivity contribution in [3.05, 3.63) is 106 Å². The SMILES string of the molecule is N#C/C(=C/c1ccccc1OCc1ccc(Br)cc1)C(=O)NCCc1c[nH]c2ccccc12. The van der Waals surface area contributed by atoms with Crippen LogP contribution in [0.25, 0.3) is 17.0 Å². The van der Waals surface area contributed by atoms with Crippen molar-refractivity contribution in [2.45, 2.75) is 13.0 Å². The van der Waals surface area contributed by atoms with E-state index in [9.17, 15) is 10.1 Å². The van der Waals surface area contributed by atoms with Crippen LogP contribution >= 0.6 is 15.9 Å². The number of nitrogens with one attached hydrogen (secondary N) is 2. The van der Waals surface area contributed by atoms with E-state index in [1.54, 1.807) is 6.08 Å². The Morgan fingerprint density at radius 1 is 1.06 bits per heavy atom. The predicted octanol–water partition coefficient (Wildman–Crippen LogP) is 5.78. The van der Waals surface area contributed by atoms with Crippen LogP contribution in [0.2, 0.25) is 0 Å². The fraction of sp³-hybridized carbons (Fsp3) is 0.111. The number of hydrogen-bond donors (Lipinski definition) is 2. The lowest BCUT2D eigenvalue weighted by Crippen LogP contribution is -2.26. The number of aromatic amines is 1. The van der Waals surface area contributed by atoms with E-state index in [0.717, 1.165) is 26.5 Å². The molecule has 0 aliphatic carbocycles. The summed E-state index contributed by atoms with van der Waals surface area (Å²) in [5.74, 6) is 0.208. The average molecular weight is 500 g/mol. The van der Waals surface area contributed by atoms with Crippen LogP contribution in [0.4, 0.5) is 0 Å². The largest absolute Gasteiger partial charge is 0.488 e. The maximum absolute atomic E-state index is 12.6. The van der Waals surface area contributed by atoms with Gasteiger partial charge in [0, 0.05) is 33.7 Å². The van der Waals surface area contributed by atoms with Gasteiger partial charge in [-0.1, -0.05) is 64.5 Å². The van der Waals surface area contributed by atoms with E-state index < -0.39 is 5.91 Å². The van der Waals surface area contributed by atoms with Crippen LogP contribution in [0, 0.1) is 11.3 Å². The summed E-state index contributed by atoms with van der Waals surface area (Å²) in [5.41, 5.74) is 3.93. The fourth-order valence-electron chi connectivity index (χ4n) is 3.52. The Morgan fingerprint density at radius 2 is 1.82 bits per heavy atom. The normalized spacial score (nSPS) is 11.2. The molecule has 0 radical (unpaired) electrons. The van der Waals surface area contributed by atoms with Gasteiger partial charge in [0.1, 0.15) is 24.0 Å². The van der Waals surface area contributed by atoms with Crippen LogP contribution in [0.15, 0.2) is 89.0 Å². The molecule has 6 heteroatoms. The van der Waals surface area contributed by atoms with Crippen LogP contribution in [0.5, 0.6) is 5.75 Å². The molecule has 0 fully saturated rings. The number of para-hydroxylation sites is 2. The standard InChI is InChI=1S/C27H22BrN3O2/c28-23-11-9-19(10-12-23)18-33-26-8-4-1-5-20(26)15-22(16-29)27(32)30-14-13-21-17-31-25-7-3-2-6-24(21)25/h1-12,15,17,31H,13-14,18H2,(H,30,32)/b22-15-. The van der Waals surface area contributed by atoms with Gasteiger partial charge in [0.15, 0.2) is 0 Å². The van der Waals surface area contributed by atoms with Crippen molar-refractivity contribution in [3.8, 4) is 11.8 Å². The smallest absolute Gasteiger partial charge is 0.261 e. The molecule has 0 spiro atoms. The maximum atomic E-state index is 12.6. The van der Waals surface area contributed by atoms with Crippen LogP contribution in [0.1, 0.15) is 16.7 Å². The highest BCUT2D eigenvalue weighted by molar-refractivity contribution is 9.10. The van der Waals surface area contributed by atoms with Gasteiger partial charge in [-0.05, 0) is 47.9 Å². The van der Waals surface area contributed by atoms with Crippen molar-refractivity contribution >= 4 is 38.8 Å². The van der Waals surface area contributed by atoms with Gasteiger partial charge in [0.05, 0.1) is 0 Å². The molecule has 164 valence electrons. The molecule has 0 bridgehead atoms. The fourth-order valence-corrected chi connectivity index (χ4v) is 3.79. The van der Waals surface area contributed by atoms with Crippen LogP contribution in [-0.4, -0.2) is 17.4 Å². The molecule has 4 aromatic rings. The predicted molar refractivity (Wildman–Crippen MR) is 134 cm³/mol. The highest BCUT2D eigenvalue weighted by atomic mass is 79.9. The lowest BCUT2D eigenvalue weighted by Gasteiger charge is -2.10. The van der Waals surface area contributed by atoms with Gasteiger partial charge in [0.2, 0.25) is 0 Å². The number of rotatable bonds is 8. The highest BCUT2D eigenvalue weighted by Gasteiger charge is 2.11. The Morgan fingerprint density at radius 3 is 2.64 bits per heavy atom. The summed E-state index contributed by atoms with van der Waals surface area (Å²) in [6.07, 6.45) is 4.19. The molecule has 0 unspecified atom stereocenters. The summed E-state index contributed by atoms with van der Waals surface area (Å²) in [5, 5.41) is 13.6. The van der Waals surface area contributed by atoms with E-state index in [-0.39, 0.29) is 5.57 Å². The number of hydrogen-bond acceptors (Lipinski definition) is 3. The number of nitrogens with zero attached hydrogens (tertiary/aromatic N) is 1. The second kappa shape index (κ2) is 10.7. The summed E-state index contributed by atoms with van der Waals surface area (Å²) < 4.78 is 6.96. The van der Waals surface area contributed by atoms with Gasteiger partial charge in [-0.25, -0.2) is 0 Å². The Balaban J connectivity index is 1.40. The Bertz CT molecular complexity index is 1330. The Labute approximate surface area is 200 Å². The summed E-state index contributed by atoms with van der Waals surface area (Å²) in [7, 11) is 0. The van der Waals surface area contributed by atoms with Crippen molar-refractivity contribution in [1.82, 2.24) is 10.3 Å². The van der Waals surface area contributed by atoms with Crippen LogP contribution in [0.3, 0.4) is 0 Å². The van der Waals surface area contributed by atoms with Crippen LogP contribution < -0.4 is 10.1 Å². The number of aromatic nitrogens is 1. The van der Waals surface area contributed by atoms with Gasteiger partial charge < -0.3 is 15.0 Å². The second-order valence-corrected chi connectivity index (χ2v) is 8.40. The first-order valence-corrected chi connectivity index (χ1v) is 11.3. The third kappa shape index (κ3) is 5.71. The van der Waals surface area contributed by atoms with Crippen molar-refractivity contribution < 1.29 is 9.53 Å². The number of carbonyl (C=O) groups is 1. The number of fused-ring (bicyclic) bond motifs is 1. The number of amides is 1. The summed E-state index contributed by atoms with van der Waals surface area (Å²) >= 11 is 3.42. The van der Waals surface area contributed by atoms with E-state index >= 15 is 0 Å². The number of H-pyrrole nitrogens is 1. The quantitative estimate of drug-likeness (QED) is 0.238. The molecule has 33 heavy (non-hydrogen) atoms. The lowest BCUT2D eigenvalue weighted by molar-refractivity contribution is -0.117. The number of carbonyl (C=O) groups excluding carboxylic acids is 1. The molecule has 5 nitrogen and oxygen atoms in total. The first-order chi connectivity index (χ1) is 16.1. The molecule has 1 heterocycles. The number of benzene rings is 3. The molecule has 1 amide bonds. The van der Waals surface area contributed by atoms with Gasteiger partial charge in [-0.15, -0.1) is 0 Å². The summed E-state index contributed by atoms with van der Waals surface area (Å²) in [4.78, 5) is 15.9. The van der Waals surface area contributed by atoms with Gasteiger partial charge in [-0.2, -0.15) is 5.26 Å². The number of halogens is 1. The topological polar surface area (TPSA) is 77.9 Å². The third-order valence-electron chi connectivity index (χ3n) is 5.25. The molecule has 0 saturated heterocycles. The Kier molecular flexibility index (Phi) is 7.23. The first kappa shape index (κ1) is 22.4. The van der Waals surface area contributed by atoms with Gasteiger partial charge in [-0.3, -0.25) is 4.79 Å². The zero-order chi connectivity index (χ0) is 23.0. The first-order valence-electron chi connectivity index (χ1n) is 10.6. The zero-order valence-corrected chi connectivity index (χ0v) is 19.4. The molecule has 0 aliphatic heterocycles. The molecule has 4 rings (SSSR count). The average Bonchev–Trinajstić information content (AvgIpc) is 3.26. The molecular formula is C27H22BrN3O2. The molecular weight excluding hydrogens is 478 g/mol. The molecule has 0 aliphatic rings. The van der Waals surface area contributed by atoms with E-state index in [1.165, 1.54) is 0 Å². The molecule has 0 saturated carbocycles. The Hall–Kier alpha value is -3.82. The lowest BCUT2D eigenvalue weighted by atomic mass is 10.1. The minimum Gasteiger partial charge on any atom is -0.488 e. The highest BCUT2D eigenvalue weighted by Crippen LogP contribution is 2.23. The molecule has 3 aromatic carbocycles. The molecule has 1 aromatic heterocycles. The van der Waals surface area contributed by atoms with E-state index in [4.69, 9.17) is 4.74 Å². The monoisotopic (exact) mass is 499 g/mol. The van der Waals surface area contributed by atoms with Gasteiger partial charge in [0.25, 0.3) is 5.91 Å².